The van der Waals surface area contributed by atoms with Gasteiger partial charge in [0, 0.05) is 12.5 Å². The van der Waals surface area contributed by atoms with Gasteiger partial charge in [0.25, 0.3) is 0 Å². The molecule has 1 aromatic heterocycles. The topological polar surface area (TPSA) is 39.2 Å². The van der Waals surface area contributed by atoms with Gasteiger partial charge in [-0.2, -0.15) is 0 Å². The Morgan fingerprint density at radius 1 is 0.950 bits per heavy atom. The number of hydrogen-bond donors (Lipinski definition) is 1. The van der Waals surface area contributed by atoms with Crippen molar-refractivity contribution in [3.63, 3.8) is 0 Å². The molecule has 1 atom stereocenters. The molecule has 102 valence electrons. The van der Waals surface area contributed by atoms with Gasteiger partial charge in [0.05, 0.1) is 6.26 Å². The first-order valence-electron chi connectivity index (χ1n) is 7.07. The predicted octanol–water partition coefficient (Wildman–Crippen LogP) is 3.94. The van der Waals surface area contributed by atoms with Gasteiger partial charge >= 0.3 is 0 Å². The second-order valence-corrected chi connectivity index (χ2v) is 5.22. The van der Waals surface area contributed by atoms with Crippen molar-refractivity contribution in [3.8, 4) is 0 Å². The van der Waals surface area contributed by atoms with E-state index in [2.05, 4.69) is 42.5 Å². The maximum atomic E-state index is 6.27. The number of nitrogens with two attached hydrogens (primary N) is 1. The van der Waals surface area contributed by atoms with Crippen LogP contribution in [0.3, 0.4) is 0 Å². The van der Waals surface area contributed by atoms with Crippen LogP contribution in [0, 0.1) is 0 Å². The highest BCUT2D eigenvalue weighted by atomic mass is 16.3. The summed E-state index contributed by atoms with van der Waals surface area (Å²) in [5.74, 6) is 1.01. The molecule has 3 rings (SSSR count). The number of hydrogen-bond acceptors (Lipinski definition) is 2. The van der Waals surface area contributed by atoms with Gasteiger partial charge in [-0.05, 0) is 41.3 Å². The molecular weight excluding hydrogens is 246 g/mol. The van der Waals surface area contributed by atoms with Crippen molar-refractivity contribution >= 4 is 10.8 Å². The molecule has 1 heterocycles. The number of rotatable bonds is 5. The van der Waals surface area contributed by atoms with Crippen LogP contribution in [0.5, 0.6) is 0 Å². The van der Waals surface area contributed by atoms with E-state index >= 15 is 0 Å². The fourth-order valence-electron chi connectivity index (χ4n) is 2.64. The van der Waals surface area contributed by atoms with E-state index in [9.17, 15) is 0 Å². The fourth-order valence-corrected chi connectivity index (χ4v) is 2.64. The van der Waals surface area contributed by atoms with E-state index in [0.29, 0.717) is 0 Å². The molecule has 0 aliphatic rings. The fraction of sp³-hybridized carbons (Fsp3) is 0.222. The molecule has 0 radical (unpaired) electrons. The van der Waals surface area contributed by atoms with Gasteiger partial charge in [-0.15, -0.1) is 0 Å². The third kappa shape index (κ3) is 2.91. The molecule has 0 aliphatic heterocycles. The molecular formula is C18H19NO. The summed E-state index contributed by atoms with van der Waals surface area (Å²) in [6, 6.07) is 19.0. The maximum Gasteiger partial charge on any atom is 0.103 e. The number of benzene rings is 2. The third-order valence-electron chi connectivity index (χ3n) is 3.70. The van der Waals surface area contributed by atoms with E-state index in [1.54, 1.807) is 6.26 Å². The minimum absolute atomic E-state index is 0.158. The van der Waals surface area contributed by atoms with Crippen LogP contribution in [-0.2, 0) is 12.8 Å². The first kappa shape index (κ1) is 12.9. The van der Waals surface area contributed by atoms with Crippen LogP contribution in [0.1, 0.15) is 17.7 Å². The average Bonchev–Trinajstić information content (AvgIpc) is 2.99. The zero-order chi connectivity index (χ0) is 13.8. The van der Waals surface area contributed by atoms with Crippen LogP contribution in [0.4, 0.5) is 0 Å². The Morgan fingerprint density at radius 2 is 1.80 bits per heavy atom. The van der Waals surface area contributed by atoms with E-state index in [-0.39, 0.29) is 6.04 Å². The molecule has 3 aromatic rings. The maximum absolute atomic E-state index is 6.27. The monoisotopic (exact) mass is 265 g/mol. The molecule has 0 bridgehead atoms. The molecule has 0 saturated carbocycles. The third-order valence-corrected chi connectivity index (χ3v) is 3.70. The van der Waals surface area contributed by atoms with Crippen molar-refractivity contribution in [2.24, 2.45) is 5.73 Å². The molecule has 0 spiro atoms. The van der Waals surface area contributed by atoms with Crippen molar-refractivity contribution < 1.29 is 4.42 Å². The predicted molar refractivity (Wildman–Crippen MR) is 82.7 cm³/mol. The Balaban J connectivity index is 1.69. The highest BCUT2D eigenvalue weighted by molar-refractivity contribution is 5.85. The summed E-state index contributed by atoms with van der Waals surface area (Å²) in [6.45, 7) is 0. The highest BCUT2D eigenvalue weighted by Gasteiger charge is 2.08. The van der Waals surface area contributed by atoms with Crippen molar-refractivity contribution in [1.82, 2.24) is 0 Å². The number of aryl methyl sites for hydroxylation is 1. The molecule has 2 heteroatoms. The van der Waals surface area contributed by atoms with Crippen molar-refractivity contribution in [1.29, 1.82) is 0 Å². The van der Waals surface area contributed by atoms with Gasteiger partial charge in [0.2, 0.25) is 0 Å². The Kier molecular flexibility index (Phi) is 3.84. The zero-order valence-electron chi connectivity index (χ0n) is 11.5. The lowest BCUT2D eigenvalue weighted by Crippen LogP contribution is -2.23. The molecule has 2 N–H and O–H groups in total. The summed E-state index contributed by atoms with van der Waals surface area (Å²) >= 11 is 0. The van der Waals surface area contributed by atoms with Gasteiger partial charge in [-0.1, -0.05) is 42.5 Å². The Morgan fingerprint density at radius 3 is 2.65 bits per heavy atom. The first-order valence-corrected chi connectivity index (χ1v) is 7.07. The van der Waals surface area contributed by atoms with Crippen molar-refractivity contribution in [2.45, 2.75) is 25.3 Å². The number of fused-ring (bicyclic) bond motifs is 1. The second-order valence-electron chi connectivity index (χ2n) is 5.22. The summed E-state index contributed by atoms with van der Waals surface area (Å²) in [7, 11) is 0. The largest absolute Gasteiger partial charge is 0.469 e. The van der Waals surface area contributed by atoms with Crippen LogP contribution in [0.15, 0.2) is 65.3 Å². The zero-order valence-corrected chi connectivity index (χ0v) is 11.5. The van der Waals surface area contributed by atoms with E-state index < -0.39 is 0 Å². The van der Waals surface area contributed by atoms with E-state index in [4.69, 9.17) is 10.2 Å². The Hall–Kier alpha value is -2.06. The van der Waals surface area contributed by atoms with Crippen molar-refractivity contribution in [3.05, 3.63) is 72.2 Å². The molecule has 0 fully saturated rings. The Bertz CT molecular complexity index is 667. The highest BCUT2D eigenvalue weighted by Crippen LogP contribution is 2.20. The van der Waals surface area contributed by atoms with Crippen molar-refractivity contribution in [2.75, 3.05) is 0 Å². The minimum atomic E-state index is 0.158. The smallest absolute Gasteiger partial charge is 0.103 e. The van der Waals surface area contributed by atoms with Crippen LogP contribution < -0.4 is 5.73 Å². The Labute approximate surface area is 119 Å². The van der Waals surface area contributed by atoms with Gasteiger partial charge < -0.3 is 10.2 Å². The normalized spacial score (nSPS) is 12.7. The van der Waals surface area contributed by atoms with E-state index in [0.717, 1.165) is 25.0 Å². The summed E-state index contributed by atoms with van der Waals surface area (Å²) in [5, 5.41) is 2.59. The first-order chi connectivity index (χ1) is 9.83. The lowest BCUT2D eigenvalue weighted by atomic mass is 9.97. The molecule has 20 heavy (non-hydrogen) atoms. The lowest BCUT2D eigenvalue weighted by Gasteiger charge is -2.13. The second kappa shape index (κ2) is 5.93. The average molecular weight is 265 g/mol. The molecule has 0 saturated heterocycles. The van der Waals surface area contributed by atoms with E-state index in [1.807, 2.05) is 12.1 Å². The van der Waals surface area contributed by atoms with Gasteiger partial charge in [-0.3, -0.25) is 0 Å². The van der Waals surface area contributed by atoms with Gasteiger partial charge in [0.1, 0.15) is 5.76 Å². The summed E-state index contributed by atoms with van der Waals surface area (Å²) < 4.78 is 5.35. The SMILES string of the molecule is NC(CCc1ccco1)Cc1cccc2ccccc12. The van der Waals surface area contributed by atoms with Gasteiger partial charge in [0.15, 0.2) is 0 Å². The van der Waals surface area contributed by atoms with Gasteiger partial charge in [-0.25, -0.2) is 0 Å². The quantitative estimate of drug-likeness (QED) is 0.759. The summed E-state index contributed by atoms with van der Waals surface area (Å²) in [5.41, 5.74) is 7.60. The van der Waals surface area contributed by atoms with Crippen LogP contribution >= 0.6 is 0 Å². The standard InChI is InChI=1S/C18H19NO/c19-16(10-11-17-8-4-12-20-17)13-15-7-3-6-14-5-1-2-9-18(14)15/h1-9,12,16H,10-11,13,19H2. The van der Waals surface area contributed by atoms with Crippen LogP contribution in [-0.4, -0.2) is 6.04 Å². The summed E-state index contributed by atoms with van der Waals surface area (Å²) in [6.07, 6.45) is 4.46. The molecule has 0 aliphatic carbocycles. The minimum Gasteiger partial charge on any atom is -0.469 e. The van der Waals surface area contributed by atoms with E-state index in [1.165, 1.54) is 16.3 Å². The van der Waals surface area contributed by atoms with Crippen LogP contribution in [0.2, 0.25) is 0 Å². The number of furan rings is 1. The molecule has 1 unspecified atom stereocenters. The molecule has 2 nitrogen and oxygen atoms in total. The molecule has 0 amide bonds. The molecule has 2 aromatic carbocycles. The lowest BCUT2D eigenvalue weighted by molar-refractivity contribution is 0.484. The van der Waals surface area contributed by atoms with Crippen LogP contribution in [0.25, 0.3) is 10.8 Å². The summed E-state index contributed by atoms with van der Waals surface area (Å²) in [4.78, 5) is 0.